The number of carbonyl (C=O) groups excluding carboxylic acids is 1. The third-order valence-corrected chi connectivity index (χ3v) is 5.32. The molecule has 1 atom stereocenters. The highest BCUT2D eigenvalue weighted by Gasteiger charge is 2.28. The van der Waals surface area contributed by atoms with Crippen LogP contribution in [0.4, 0.5) is 0 Å². The molecule has 0 spiro atoms. The van der Waals surface area contributed by atoms with Gasteiger partial charge >= 0.3 is 0 Å². The van der Waals surface area contributed by atoms with E-state index in [1.165, 1.54) is 5.56 Å². The van der Waals surface area contributed by atoms with Crippen LogP contribution in [0.5, 0.6) is 11.5 Å². The van der Waals surface area contributed by atoms with E-state index in [0.717, 1.165) is 36.4 Å². The third-order valence-electron chi connectivity index (χ3n) is 5.06. The van der Waals surface area contributed by atoms with Crippen LogP contribution in [0.1, 0.15) is 30.0 Å². The Morgan fingerprint density at radius 3 is 2.70 bits per heavy atom. The predicted octanol–water partition coefficient (Wildman–Crippen LogP) is 3.56. The van der Waals surface area contributed by atoms with E-state index in [0.29, 0.717) is 31.3 Å². The van der Waals surface area contributed by atoms with Gasteiger partial charge in [-0.1, -0.05) is 29.8 Å². The Morgan fingerprint density at radius 1 is 1.11 bits per heavy atom. The molecule has 27 heavy (non-hydrogen) atoms. The molecule has 2 heterocycles. The summed E-state index contributed by atoms with van der Waals surface area (Å²) in [5.74, 6) is 1.64. The Kier molecular flexibility index (Phi) is 5.50. The van der Waals surface area contributed by atoms with Gasteiger partial charge in [0.1, 0.15) is 13.2 Å². The number of halogens is 1. The predicted molar refractivity (Wildman–Crippen MR) is 104 cm³/mol. The fraction of sp³-hybridized carbons (Fsp3) is 0.381. The lowest BCUT2D eigenvalue weighted by molar-refractivity contribution is -0.122. The van der Waals surface area contributed by atoms with E-state index in [4.69, 9.17) is 21.1 Å². The molecule has 2 aliphatic heterocycles. The number of nitrogens with one attached hydrogen (secondary N) is 1. The highest BCUT2D eigenvalue weighted by Crippen LogP contribution is 2.37. The van der Waals surface area contributed by atoms with Crippen molar-refractivity contribution in [3.05, 3.63) is 58.6 Å². The number of nitrogens with zero attached hydrogens (tertiary/aromatic N) is 1. The Balaban J connectivity index is 1.36. The summed E-state index contributed by atoms with van der Waals surface area (Å²) >= 11 is 5.90. The van der Waals surface area contributed by atoms with E-state index in [-0.39, 0.29) is 11.9 Å². The van der Waals surface area contributed by atoms with Crippen LogP contribution < -0.4 is 14.8 Å². The van der Waals surface area contributed by atoms with Crippen LogP contribution in [-0.2, 0) is 11.3 Å². The summed E-state index contributed by atoms with van der Waals surface area (Å²) in [5, 5.41) is 3.70. The summed E-state index contributed by atoms with van der Waals surface area (Å²) in [6.45, 7) is 3.01. The van der Waals surface area contributed by atoms with Gasteiger partial charge in [0.2, 0.25) is 5.91 Å². The molecule has 1 unspecified atom stereocenters. The normalized spacial score (nSPS) is 19.1. The summed E-state index contributed by atoms with van der Waals surface area (Å²) in [7, 11) is 0. The van der Waals surface area contributed by atoms with E-state index in [2.05, 4.69) is 22.3 Å². The number of rotatable bonds is 5. The van der Waals surface area contributed by atoms with Crippen LogP contribution in [0.25, 0.3) is 0 Å². The molecule has 0 aromatic heterocycles. The Morgan fingerprint density at radius 2 is 1.89 bits per heavy atom. The summed E-state index contributed by atoms with van der Waals surface area (Å²) in [4.78, 5) is 14.7. The van der Waals surface area contributed by atoms with Crippen LogP contribution in [0.15, 0.2) is 42.5 Å². The number of amides is 1. The maximum absolute atomic E-state index is 12.4. The van der Waals surface area contributed by atoms with Crippen molar-refractivity contribution < 1.29 is 14.3 Å². The van der Waals surface area contributed by atoms with Crippen molar-refractivity contribution >= 4 is 17.5 Å². The second-order valence-electron chi connectivity index (χ2n) is 6.93. The minimum atomic E-state index is 0.0365. The van der Waals surface area contributed by atoms with Gasteiger partial charge in [-0.05, 0) is 54.8 Å². The Bertz CT molecular complexity index is 810. The smallest absolute Gasteiger partial charge is 0.234 e. The summed E-state index contributed by atoms with van der Waals surface area (Å²) in [6, 6.07) is 13.9. The molecule has 0 bridgehead atoms. The lowest BCUT2D eigenvalue weighted by Gasteiger charge is -2.26. The monoisotopic (exact) mass is 386 g/mol. The molecule has 0 saturated carbocycles. The molecule has 0 aliphatic carbocycles. The summed E-state index contributed by atoms with van der Waals surface area (Å²) in [5.41, 5.74) is 2.22. The van der Waals surface area contributed by atoms with Crippen molar-refractivity contribution in [3.8, 4) is 11.5 Å². The molecule has 6 heteroatoms. The molecule has 0 radical (unpaired) electrons. The van der Waals surface area contributed by atoms with Crippen molar-refractivity contribution in [2.75, 3.05) is 26.3 Å². The van der Waals surface area contributed by atoms with Gasteiger partial charge in [-0.2, -0.15) is 0 Å². The third kappa shape index (κ3) is 4.37. The fourth-order valence-electron chi connectivity index (χ4n) is 3.70. The first-order valence-corrected chi connectivity index (χ1v) is 9.71. The second kappa shape index (κ2) is 8.19. The number of fused-ring (bicyclic) bond motifs is 1. The topological polar surface area (TPSA) is 50.8 Å². The van der Waals surface area contributed by atoms with Gasteiger partial charge in [0, 0.05) is 17.6 Å². The fourth-order valence-corrected chi connectivity index (χ4v) is 3.83. The van der Waals surface area contributed by atoms with Crippen LogP contribution in [0.2, 0.25) is 5.02 Å². The second-order valence-corrected chi connectivity index (χ2v) is 7.37. The minimum Gasteiger partial charge on any atom is -0.486 e. The van der Waals surface area contributed by atoms with Crippen molar-refractivity contribution in [2.45, 2.75) is 25.4 Å². The number of hydrogen-bond donors (Lipinski definition) is 1. The van der Waals surface area contributed by atoms with E-state index in [1.54, 1.807) is 0 Å². The van der Waals surface area contributed by atoms with Gasteiger partial charge in [-0.3, -0.25) is 9.69 Å². The van der Waals surface area contributed by atoms with Crippen molar-refractivity contribution in [2.24, 2.45) is 0 Å². The molecule has 2 aliphatic rings. The van der Waals surface area contributed by atoms with Gasteiger partial charge in [0.15, 0.2) is 11.5 Å². The Hall–Kier alpha value is -2.24. The maximum Gasteiger partial charge on any atom is 0.234 e. The van der Waals surface area contributed by atoms with Gasteiger partial charge < -0.3 is 14.8 Å². The van der Waals surface area contributed by atoms with Crippen LogP contribution in [0, 0.1) is 0 Å². The quantitative estimate of drug-likeness (QED) is 0.853. The maximum atomic E-state index is 12.4. The first-order valence-electron chi connectivity index (χ1n) is 9.34. The SMILES string of the molecule is O=C(CN1CCCC1c1ccc2c(c1)OCCO2)NCc1ccc(Cl)cc1. The summed E-state index contributed by atoms with van der Waals surface area (Å²) < 4.78 is 11.3. The van der Waals surface area contributed by atoms with Gasteiger partial charge in [0.05, 0.1) is 6.54 Å². The molecule has 4 rings (SSSR count). The molecule has 1 amide bonds. The lowest BCUT2D eigenvalue weighted by atomic mass is 10.0. The Labute approximate surface area is 164 Å². The average Bonchev–Trinajstić information content (AvgIpc) is 3.15. The van der Waals surface area contributed by atoms with E-state index in [1.807, 2.05) is 30.3 Å². The molecule has 2 aromatic rings. The van der Waals surface area contributed by atoms with E-state index < -0.39 is 0 Å². The lowest BCUT2D eigenvalue weighted by Crippen LogP contribution is -2.36. The molecule has 1 fully saturated rings. The number of hydrogen-bond acceptors (Lipinski definition) is 4. The van der Waals surface area contributed by atoms with E-state index in [9.17, 15) is 4.79 Å². The first kappa shape index (κ1) is 18.1. The van der Waals surface area contributed by atoms with Gasteiger partial charge in [0.25, 0.3) is 0 Å². The highest BCUT2D eigenvalue weighted by molar-refractivity contribution is 6.30. The number of ether oxygens (including phenoxy) is 2. The van der Waals surface area contributed by atoms with Crippen LogP contribution in [0.3, 0.4) is 0 Å². The minimum absolute atomic E-state index is 0.0365. The van der Waals surface area contributed by atoms with E-state index >= 15 is 0 Å². The zero-order chi connectivity index (χ0) is 18.6. The number of carbonyl (C=O) groups is 1. The number of benzene rings is 2. The molecule has 142 valence electrons. The zero-order valence-corrected chi connectivity index (χ0v) is 15.9. The molecule has 1 saturated heterocycles. The van der Waals surface area contributed by atoms with Crippen LogP contribution in [-0.4, -0.2) is 37.1 Å². The van der Waals surface area contributed by atoms with Crippen molar-refractivity contribution in [1.29, 1.82) is 0 Å². The first-order chi connectivity index (χ1) is 13.2. The van der Waals surface area contributed by atoms with Crippen molar-refractivity contribution in [1.82, 2.24) is 10.2 Å². The largest absolute Gasteiger partial charge is 0.486 e. The van der Waals surface area contributed by atoms with Crippen LogP contribution >= 0.6 is 11.6 Å². The zero-order valence-electron chi connectivity index (χ0n) is 15.1. The standard InChI is InChI=1S/C21H23ClN2O3/c22-17-6-3-15(4-7-17)13-23-21(25)14-24-9-1-2-18(24)16-5-8-19-20(12-16)27-11-10-26-19/h3-8,12,18H,1-2,9-11,13-14H2,(H,23,25). The molecule has 2 aromatic carbocycles. The number of likely N-dealkylation sites (tertiary alicyclic amines) is 1. The molecular formula is C21H23ClN2O3. The molecule has 1 N–H and O–H groups in total. The molecular weight excluding hydrogens is 364 g/mol. The van der Waals surface area contributed by atoms with Gasteiger partial charge in [-0.15, -0.1) is 0 Å². The van der Waals surface area contributed by atoms with Gasteiger partial charge in [-0.25, -0.2) is 0 Å². The summed E-state index contributed by atoms with van der Waals surface area (Å²) in [6.07, 6.45) is 2.13. The van der Waals surface area contributed by atoms with Crippen molar-refractivity contribution in [3.63, 3.8) is 0 Å². The highest BCUT2D eigenvalue weighted by atomic mass is 35.5. The molecule has 5 nitrogen and oxygen atoms in total. The average molecular weight is 387 g/mol.